The molecule has 2 N–H and O–H groups in total. The Morgan fingerprint density at radius 1 is 1.20 bits per heavy atom. The van der Waals surface area contributed by atoms with Crippen LogP contribution in [0.3, 0.4) is 0 Å². The molecule has 1 aromatic carbocycles. The largest absolute Gasteiger partial charge is 0.433 e. The van der Waals surface area contributed by atoms with Crippen LogP contribution in [0.4, 0.5) is 0 Å². The van der Waals surface area contributed by atoms with Crippen LogP contribution in [0.1, 0.15) is 39.7 Å². The molecule has 0 aliphatic carbocycles. The molecule has 30 heavy (non-hydrogen) atoms. The maximum absolute atomic E-state index is 13.5. The van der Waals surface area contributed by atoms with E-state index in [0.717, 1.165) is 15.7 Å². The van der Waals surface area contributed by atoms with Crippen LogP contribution >= 0.6 is 15.9 Å². The first-order chi connectivity index (χ1) is 13.6. The van der Waals surface area contributed by atoms with Crippen molar-refractivity contribution in [3.05, 3.63) is 46.5 Å². The lowest BCUT2D eigenvalue weighted by Gasteiger charge is -2.36. The second-order valence-electron chi connectivity index (χ2n) is 7.52. The lowest BCUT2D eigenvalue weighted by Crippen LogP contribution is -2.53. The lowest BCUT2D eigenvalue weighted by atomic mass is 9.99. The molecule has 0 aromatic heterocycles. The van der Waals surface area contributed by atoms with E-state index in [1.807, 2.05) is 12.2 Å². The summed E-state index contributed by atoms with van der Waals surface area (Å²) in [6, 6.07) is 6.39. The Kier molecular flexibility index (Phi) is 7.55. The Morgan fingerprint density at radius 3 is 2.30 bits per heavy atom. The highest BCUT2D eigenvalue weighted by molar-refractivity contribution is 9.11. The van der Waals surface area contributed by atoms with E-state index in [9.17, 15) is 18.3 Å². The van der Waals surface area contributed by atoms with Gasteiger partial charge in [-0.15, -0.1) is 0 Å². The molecule has 0 bridgehead atoms. The van der Waals surface area contributed by atoms with Crippen LogP contribution in [0.15, 0.2) is 45.8 Å². The SMILES string of the molecule is C.CC(C)(O)OC(=O)C1(S(=O)(=O)c2ccc(C3=CC=C(Br)CN3)cc2)CCOCC1. The molecule has 0 saturated carbocycles. The molecule has 0 unspecified atom stereocenters. The maximum atomic E-state index is 13.5. The summed E-state index contributed by atoms with van der Waals surface area (Å²) in [6.07, 6.45) is 3.77. The minimum Gasteiger partial charge on any atom is -0.433 e. The summed E-state index contributed by atoms with van der Waals surface area (Å²) in [5.41, 5.74) is 1.71. The summed E-state index contributed by atoms with van der Waals surface area (Å²) in [5.74, 6) is -2.73. The van der Waals surface area contributed by atoms with Gasteiger partial charge in [0.15, 0.2) is 14.6 Å². The zero-order valence-corrected chi connectivity index (χ0v) is 18.7. The number of esters is 1. The van der Waals surface area contributed by atoms with Gasteiger partial charge in [-0.25, -0.2) is 8.42 Å². The predicted molar refractivity (Wildman–Crippen MR) is 119 cm³/mol. The molecule has 3 rings (SSSR count). The number of hydrogen-bond acceptors (Lipinski definition) is 7. The van der Waals surface area contributed by atoms with Crippen molar-refractivity contribution in [2.75, 3.05) is 19.8 Å². The van der Waals surface area contributed by atoms with Crippen molar-refractivity contribution < 1.29 is 27.8 Å². The number of allylic oxidation sites excluding steroid dienone is 2. The number of aliphatic hydroxyl groups is 1. The average molecular weight is 502 g/mol. The Balaban J connectivity index is 0.00000320. The fraction of sp³-hybridized carbons (Fsp3) is 0.476. The third-order valence-electron chi connectivity index (χ3n) is 4.88. The van der Waals surface area contributed by atoms with Crippen molar-refractivity contribution in [2.45, 2.75) is 49.5 Å². The molecule has 9 heteroatoms. The number of nitrogens with one attached hydrogen (secondary N) is 1. The van der Waals surface area contributed by atoms with E-state index in [2.05, 4.69) is 21.2 Å². The van der Waals surface area contributed by atoms with Crippen LogP contribution in [0.2, 0.25) is 0 Å². The highest BCUT2D eigenvalue weighted by Gasteiger charge is 2.54. The number of halogens is 1. The number of carbonyl (C=O) groups excluding carboxylic acids is 1. The molecule has 0 atom stereocenters. The van der Waals surface area contributed by atoms with Gasteiger partial charge in [0.25, 0.3) is 0 Å². The van der Waals surface area contributed by atoms with Crippen LogP contribution in [0.25, 0.3) is 5.70 Å². The fourth-order valence-corrected chi connectivity index (χ4v) is 5.50. The van der Waals surface area contributed by atoms with E-state index >= 15 is 0 Å². The number of hydrogen-bond donors (Lipinski definition) is 2. The molecule has 0 amide bonds. The minimum absolute atomic E-state index is 0. The van der Waals surface area contributed by atoms with E-state index in [1.54, 1.807) is 12.1 Å². The first-order valence-corrected chi connectivity index (χ1v) is 11.5. The van der Waals surface area contributed by atoms with Gasteiger partial charge in [-0.2, -0.15) is 0 Å². The van der Waals surface area contributed by atoms with E-state index in [-0.39, 0.29) is 38.4 Å². The van der Waals surface area contributed by atoms with Crippen LogP contribution in [-0.4, -0.2) is 49.8 Å². The fourth-order valence-electron chi connectivity index (χ4n) is 3.31. The summed E-state index contributed by atoms with van der Waals surface area (Å²) in [6.45, 7) is 3.47. The molecule has 166 valence electrons. The van der Waals surface area contributed by atoms with Gasteiger partial charge in [0.1, 0.15) is 0 Å². The number of rotatable bonds is 5. The molecule has 1 aromatic rings. The van der Waals surface area contributed by atoms with Crippen LogP contribution in [-0.2, 0) is 24.1 Å². The summed E-state index contributed by atoms with van der Waals surface area (Å²) in [5, 5.41) is 13.1. The van der Waals surface area contributed by atoms with Crippen molar-refractivity contribution >= 4 is 37.4 Å². The average Bonchev–Trinajstić information content (AvgIpc) is 2.68. The Morgan fingerprint density at radius 2 is 1.80 bits per heavy atom. The molecule has 1 saturated heterocycles. The third kappa shape index (κ3) is 4.96. The zero-order chi connectivity index (χ0) is 21.3. The molecule has 7 nitrogen and oxygen atoms in total. The molecular weight excluding hydrogens is 474 g/mol. The monoisotopic (exact) mass is 501 g/mol. The molecule has 1 fully saturated rings. The van der Waals surface area contributed by atoms with Crippen LogP contribution < -0.4 is 5.32 Å². The second-order valence-corrected chi connectivity index (χ2v) is 10.8. The van der Waals surface area contributed by atoms with Crippen molar-refractivity contribution in [3.63, 3.8) is 0 Å². The lowest BCUT2D eigenvalue weighted by molar-refractivity contribution is -0.199. The van der Waals surface area contributed by atoms with Crippen LogP contribution in [0, 0.1) is 0 Å². The van der Waals surface area contributed by atoms with E-state index in [4.69, 9.17) is 9.47 Å². The summed E-state index contributed by atoms with van der Waals surface area (Å²) in [7, 11) is -4.08. The van der Waals surface area contributed by atoms with Crippen molar-refractivity contribution in [1.82, 2.24) is 5.32 Å². The summed E-state index contributed by atoms with van der Waals surface area (Å²) in [4.78, 5) is 12.9. The Hall–Kier alpha value is -1.68. The second kappa shape index (κ2) is 9.21. The van der Waals surface area contributed by atoms with E-state index < -0.39 is 26.3 Å². The highest BCUT2D eigenvalue weighted by atomic mass is 79.9. The van der Waals surface area contributed by atoms with Gasteiger partial charge in [-0.3, -0.25) is 4.79 Å². The first kappa shape index (κ1) is 24.6. The number of ether oxygens (including phenoxy) is 2. The summed E-state index contributed by atoms with van der Waals surface area (Å²) >= 11 is 3.41. The van der Waals surface area contributed by atoms with Crippen molar-refractivity contribution in [2.24, 2.45) is 0 Å². The van der Waals surface area contributed by atoms with Gasteiger partial charge >= 0.3 is 5.97 Å². The standard InChI is InChI=1S/C20H24BrNO6S.CH4/c1-19(2,24)28-18(23)20(9-11-27-12-10-20)29(25,26)16-6-3-14(4-7-16)17-8-5-15(21)13-22-17;/h3-8,22,24H,9-13H2,1-2H3;1H4. The Labute approximate surface area is 186 Å². The predicted octanol–water partition coefficient (Wildman–Crippen LogP) is 3.14. The normalized spacial score (nSPS) is 18.9. The minimum atomic E-state index is -4.08. The van der Waals surface area contributed by atoms with Crippen molar-refractivity contribution in [1.29, 1.82) is 0 Å². The third-order valence-corrected chi connectivity index (χ3v) is 7.92. The summed E-state index contributed by atoms with van der Waals surface area (Å²) < 4.78 is 36.6. The molecular formula is C21H28BrNO6S. The van der Waals surface area contributed by atoms with Gasteiger partial charge in [0.2, 0.25) is 5.79 Å². The molecule has 2 aliphatic heterocycles. The topological polar surface area (TPSA) is 102 Å². The van der Waals surface area contributed by atoms with Gasteiger partial charge in [-0.1, -0.05) is 35.5 Å². The smallest absolute Gasteiger partial charge is 0.330 e. The van der Waals surface area contributed by atoms with Crippen LogP contribution in [0.5, 0.6) is 0 Å². The van der Waals surface area contributed by atoms with Gasteiger partial charge in [-0.05, 0) is 29.8 Å². The quantitative estimate of drug-likeness (QED) is 0.471. The zero-order valence-electron chi connectivity index (χ0n) is 16.3. The highest BCUT2D eigenvalue weighted by Crippen LogP contribution is 2.37. The molecule has 2 heterocycles. The van der Waals surface area contributed by atoms with E-state index in [0.29, 0.717) is 6.54 Å². The van der Waals surface area contributed by atoms with E-state index in [1.165, 1.54) is 26.0 Å². The number of dihydropyridines is 1. The molecule has 0 radical (unpaired) electrons. The molecule has 2 aliphatic rings. The Bertz CT molecular complexity index is 939. The molecule has 0 spiro atoms. The van der Waals surface area contributed by atoms with Crippen molar-refractivity contribution in [3.8, 4) is 0 Å². The van der Waals surface area contributed by atoms with Gasteiger partial charge in [0.05, 0.1) is 4.90 Å². The van der Waals surface area contributed by atoms with Gasteiger partial charge < -0.3 is 19.9 Å². The number of carbonyl (C=O) groups is 1. The van der Waals surface area contributed by atoms with Gasteiger partial charge in [0, 0.05) is 56.6 Å². The number of benzene rings is 1. The number of sulfone groups is 1. The maximum Gasteiger partial charge on any atom is 0.330 e. The first-order valence-electron chi connectivity index (χ1n) is 9.24.